The van der Waals surface area contributed by atoms with Crippen molar-refractivity contribution in [3.05, 3.63) is 101 Å². The number of alkyl halides is 3. The van der Waals surface area contributed by atoms with Crippen LogP contribution in [0.15, 0.2) is 73.2 Å². The van der Waals surface area contributed by atoms with Gasteiger partial charge in [0.1, 0.15) is 11.6 Å². The van der Waals surface area contributed by atoms with Gasteiger partial charge in [-0.1, -0.05) is 12.1 Å². The first-order chi connectivity index (χ1) is 28.0. The number of hydrogen-bond donors (Lipinski definition) is 5. The number of aromatic nitrogens is 4. The first-order valence-electron chi connectivity index (χ1n) is 18.8. The van der Waals surface area contributed by atoms with E-state index in [9.17, 15) is 32.3 Å². The van der Waals surface area contributed by atoms with Crippen molar-refractivity contribution in [3.8, 4) is 5.69 Å². The minimum absolute atomic E-state index is 0.109. The summed E-state index contributed by atoms with van der Waals surface area (Å²) in [6.07, 6.45) is -1.63. The van der Waals surface area contributed by atoms with E-state index in [1.807, 2.05) is 6.07 Å². The molecule has 0 radical (unpaired) electrons. The van der Waals surface area contributed by atoms with Crippen LogP contribution < -0.4 is 21.3 Å². The highest BCUT2D eigenvalue weighted by atomic mass is 19.4. The molecule has 314 valence electrons. The first-order valence-corrected chi connectivity index (χ1v) is 18.8. The number of anilines is 2. The van der Waals surface area contributed by atoms with Crippen molar-refractivity contribution in [2.75, 3.05) is 43.6 Å². The molecule has 0 aliphatic rings. The highest BCUT2D eigenvalue weighted by Gasteiger charge is 2.32. The largest absolute Gasteiger partial charge is 0.460 e. The van der Waals surface area contributed by atoms with Crippen LogP contribution in [-0.4, -0.2) is 88.1 Å². The van der Waals surface area contributed by atoms with E-state index in [2.05, 4.69) is 36.4 Å². The summed E-state index contributed by atoms with van der Waals surface area (Å²) in [6, 6.07) is 14.4. The van der Waals surface area contributed by atoms with Crippen LogP contribution in [0.25, 0.3) is 16.6 Å². The number of ether oxygens (including phenoxy) is 3. The van der Waals surface area contributed by atoms with E-state index in [1.54, 1.807) is 71.0 Å². The number of benzene rings is 3. The molecule has 2 aromatic heterocycles. The number of hydrogen-bond acceptors (Lipinski definition) is 10. The van der Waals surface area contributed by atoms with Crippen LogP contribution >= 0.6 is 0 Å². The summed E-state index contributed by atoms with van der Waals surface area (Å²) in [5.41, 5.74) is 1.61. The summed E-state index contributed by atoms with van der Waals surface area (Å²) in [4.78, 5) is 54.5. The summed E-state index contributed by atoms with van der Waals surface area (Å²) in [7, 11) is 0. The van der Waals surface area contributed by atoms with E-state index >= 15 is 0 Å². The van der Waals surface area contributed by atoms with Crippen LogP contribution in [0.2, 0.25) is 0 Å². The van der Waals surface area contributed by atoms with Crippen molar-refractivity contribution >= 4 is 46.0 Å². The maximum atomic E-state index is 13.8. The summed E-state index contributed by atoms with van der Waals surface area (Å²) in [5, 5.41) is 18.9. The number of nitrogens with zero attached hydrogens (tertiary/aromatic N) is 3. The fourth-order valence-corrected chi connectivity index (χ4v) is 5.75. The van der Waals surface area contributed by atoms with Gasteiger partial charge in [0.05, 0.1) is 50.3 Å². The fraction of sp³-hybridized carbons (Fsp3) is 0.366. The van der Waals surface area contributed by atoms with E-state index in [0.29, 0.717) is 34.5 Å². The Morgan fingerprint density at radius 3 is 2.37 bits per heavy atom. The molecule has 0 aliphatic heterocycles. The number of rotatable bonds is 18. The molecule has 5 N–H and O–H groups in total. The standard InChI is InChI=1S/C41H47F3N8O7/c1-25-22-45-24-52(25)32-19-28(18-29(20-32)41(42,43)44)38(55)49-31-8-6-7-27(17-31)23-47-30-9-10-33-34(21-30)50-51-36(33)39(56)48-26(2)37(54)46-12-14-58-16-15-57-13-11-35(53)59-40(3,4)5/h6-10,17-22,24,26,47H,11-16,23H2,1-5H3,(H,46,54)(H,48,56)(H,49,55)(H,50,51)/t26-/m0/s1. The Morgan fingerprint density at radius 1 is 0.898 bits per heavy atom. The second-order valence-electron chi connectivity index (χ2n) is 14.6. The number of imidazole rings is 1. The average molecular weight is 821 g/mol. The third-order valence-corrected chi connectivity index (χ3v) is 8.60. The number of halogens is 3. The zero-order valence-electron chi connectivity index (χ0n) is 33.3. The molecule has 0 aliphatic carbocycles. The van der Waals surface area contributed by atoms with Crippen molar-refractivity contribution in [2.45, 2.75) is 65.4 Å². The third-order valence-electron chi connectivity index (χ3n) is 8.60. The van der Waals surface area contributed by atoms with Gasteiger partial charge >= 0.3 is 12.1 Å². The van der Waals surface area contributed by atoms with Gasteiger partial charge in [0.25, 0.3) is 11.8 Å². The molecule has 0 unspecified atom stereocenters. The van der Waals surface area contributed by atoms with Crippen LogP contribution in [0.1, 0.15) is 71.8 Å². The Hall–Kier alpha value is -6.27. The van der Waals surface area contributed by atoms with Gasteiger partial charge in [-0.3, -0.25) is 24.3 Å². The topological polar surface area (TPSA) is 191 Å². The molecule has 18 heteroatoms. The Kier molecular flexibility index (Phi) is 14.5. The molecule has 0 fully saturated rings. The minimum Gasteiger partial charge on any atom is -0.460 e. The van der Waals surface area contributed by atoms with Gasteiger partial charge in [-0.15, -0.1) is 0 Å². The Bertz CT molecular complexity index is 2260. The number of carbonyl (C=O) groups is 4. The lowest BCUT2D eigenvalue weighted by atomic mass is 10.1. The number of fused-ring (bicyclic) bond motifs is 1. The van der Waals surface area contributed by atoms with Gasteiger partial charge < -0.3 is 40.0 Å². The van der Waals surface area contributed by atoms with Crippen LogP contribution in [0.5, 0.6) is 0 Å². The number of esters is 1. The van der Waals surface area contributed by atoms with Crippen molar-refractivity contribution in [3.63, 3.8) is 0 Å². The van der Waals surface area contributed by atoms with Gasteiger partial charge in [0, 0.05) is 53.0 Å². The van der Waals surface area contributed by atoms with Gasteiger partial charge in [-0.25, -0.2) is 4.98 Å². The fourth-order valence-electron chi connectivity index (χ4n) is 5.75. The predicted octanol–water partition coefficient (Wildman–Crippen LogP) is 5.94. The number of aryl methyl sites for hydroxylation is 1. The molecule has 5 aromatic rings. The van der Waals surface area contributed by atoms with E-state index in [-0.39, 0.29) is 62.3 Å². The summed E-state index contributed by atoms with van der Waals surface area (Å²) < 4.78 is 58.8. The van der Waals surface area contributed by atoms with Gasteiger partial charge in [0.2, 0.25) is 5.91 Å². The molecule has 5 rings (SSSR count). The second kappa shape index (κ2) is 19.5. The molecule has 3 aromatic carbocycles. The normalized spacial score (nSPS) is 12.2. The molecular formula is C41H47F3N8O7. The molecule has 0 spiro atoms. The first kappa shape index (κ1) is 43.8. The molecule has 3 amide bonds. The van der Waals surface area contributed by atoms with Crippen LogP contribution in [-0.2, 0) is 36.5 Å². The Labute approximate surface area is 338 Å². The lowest BCUT2D eigenvalue weighted by molar-refractivity contribution is -0.156. The number of carbonyl (C=O) groups excluding carboxylic acids is 4. The predicted molar refractivity (Wildman–Crippen MR) is 213 cm³/mol. The lowest BCUT2D eigenvalue weighted by Crippen LogP contribution is -2.45. The monoisotopic (exact) mass is 820 g/mol. The maximum absolute atomic E-state index is 13.8. The SMILES string of the molecule is Cc1cncn1-c1cc(C(=O)Nc2cccc(CNc3ccc4c(C(=O)N[C@@H](C)C(=O)NCCOCCOCCC(=O)OC(C)(C)C)n[nH]c4c3)c2)cc(C(F)(F)F)c1. The van der Waals surface area contributed by atoms with Crippen molar-refractivity contribution in [1.82, 2.24) is 30.4 Å². The van der Waals surface area contributed by atoms with Crippen molar-refractivity contribution in [2.24, 2.45) is 0 Å². The Morgan fingerprint density at radius 2 is 1.66 bits per heavy atom. The second-order valence-corrected chi connectivity index (χ2v) is 14.6. The van der Waals surface area contributed by atoms with E-state index < -0.39 is 41.1 Å². The highest BCUT2D eigenvalue weighted by molar-refractivity contribution is 6.06. The third kappa shape index (κ3) is 12.9. The molecule has 0 saturated heterocycles. The Balaban J connectivity index is 1.07. The smallest absolute Gasteiger partial charge is 0.416 e. The zero-order valence-corrected chi connectivity index (χ0v) is 33.3. The van der Waals surface area contributed by atoms with Crippen LogP contribution in [0, 0.1) is 6.92 Å². The molecule has 1 atom stereocenters. The minimum atomic E-state index is -4.67. The van der Waals surface area contributed by atoms with E-state index in [0.717, 1.165) is 17.7 Å². The molecule has 0 bridgehead atoms. The molecule has 59 heavy (non-hydrogen) atoms. The maximum Gasteiger partial charge on any atom is 0.416 e. The van der Waals surface area contributed by atoms with Crippen molar-refractivity contribution < 1.29 is 46.6 Å². The van der Waals surface area contributed by atoms with Crippen LogP contribution in [0.4, 0.5) is 24.5 Å². The van der Waals surface area contributed by atoms with E-state index in [4.69, 9.17) is 14.2 Å². The number of aromatic amines is 1. The highest BCUT2D eigenvalue weighted by Crippen LogP contribution is 2.32. The number of H-pyrrole nitrogens is 1. The average Bonchev–Trinajstić information content (AvgIpc) is 3.81. The van der Waals surface area contributed by atoms with Gasteiger partial charge in [-0.05, 0) is 88.7 Å². The summed E-state index contributed by atoms with van der Waals surface area (Å²) in [5.74, 6) is -2.00. The number of amides is 3. The number of nitrogens with one attached hydrogen (secondary N) is 5. The van der Waals surface area contributed by atoms with Gasteiger partial charge in [-0.2, -0.15) is 18.3 Å². The summed E-state index contributed by atoms with van der Waals surface area (Å²) >= 11 is 0. The molecule has 15 nitrogen and oxygen atoms in total. The molecular weight excluding hydrogens is 773 g/mol. The van der Waals surface area contributed by atoms with Crippen molar-refractivity contribution in [1.29, 1.82) is 0 Å². The van der Waals surface area contributed by atoms with E-state index in [1.165, 1.54) is 23.2 Å². The summed E-state index contributed by atoms with van der Waals surface area (Å²) in [6.45, 7) is 10.2. The quantitative estimate of drug-likeness (QED) is 0.0523. The zero-order chi connectivity index (χ0) is 42.7. The van der Waals surface area contributed by atoms with Gasteiger partial charge in [0.15, 0.2) is 5.69 Å². The molecule has 2 heterocycles. The lowest BCUT2D eigenvalue weighted by Gasteiger charge is -2.19. The van der Waals surface area contributed by atoms with Crippen LogP contribution in [0.3, 0.4) is 0 Å². The molecule has 0 saturated carbocycles.